The molecule has 26 heavy (non-hydrogen) atoms. The second-order valence-corrected chi connectivity index (χ2v) is 7.30. The third-order valence-corrected chi connectivity index (χ3v) is 5.31. The Kier molecular flexibility index (Phi) is 6.04. The average Bonchev–Trinajstić information content (AvgIpc) is 3.36. The van der Waals surface area contributed by atoms with Crippen LogP contribution < -0.4 is 14.8 Å². The van der Waals surface area contributed by atoms with E-state index in [1.165, 1.54) is 22.7 Å². The van der Waals surface area contributed by atoms with Gasteiger partial charge < -0.3 is 14.8 Å². The summed E-state index contributed by atoms with van der Waals surface area (Å²) >= 11 is 2.88. The number of methoxy groups -OCH3 is 1. The number of ether oxygens (including phenoxy) is 2. The monoisotopic (exact) mass is 387 g/mol. The number of benzene rings is 1. The van der Waals surface area contributed by atoms with Crippen molar-refractivity contribution in [1.82, 2.24) is 5.32 Å². The van der Waals surface area contributed by atoms with Crippen LogP contribution in [0.2, 0.25) is 0 Å². The molecule has 3 aromatic rings. The Hall–Kier alpha value is -2.64. The molecule has 5 nitrogen and oxygen atoms in total. The lowest BCUT2D eigenvalue weighted by atomic mass is 10.2. The normalized spacial score (nSPS) is 10.3. The highest BCUT2D eigenvalue weighted by molar-refractivity contribution is 7.14. The van der Waals surface area contributed by atoms with Crippen molar-refractivity contribution in [3.05, 3.63) is 68.5 Å². The van der Waals surface area contributed by atoms with E-state index in [9.17, 15) is 9.59 Å². The van der Waals surface area contributed by atoms with E-state index in [0.717, 1.165) is 4.88 Å². The zero-order valence-electron chi connectivity index (χ0n) is 14.1. The van der Waals surface area contributed by atoms with Crippen molar-refractivity contribution < 1.29 is 19.1 Å². The maximum atomic E-state index is 12.3. The molecule has 0 unspecified atom stereocenters. The van der Waals surface area contributed by atoms with Crippen LogP contribution in [-0.4, -0.2) is 25.4 Å². The minimum Gasteiger partial charge on any atom is -0.497 e. The van der Waals surface area contributed by atoms with Crippen molar-refractivity contribution in [2.45, 2.75) is 6.54 Å². The number of amides is 1. The Morgan fingerprint density at radius 3 is 2.73 bits per heavy atom. The number of hydrogen-bond donors (Lipinski definition) is 1. The molecule has 2 aromatic heterocycles. The van der Waals surface area contributed by atoms with Crippen molar-refractivity contribution >= 4 is 34.4 Å². The Balaban J connectivity index is 1.48. The second-order valence-electron chi connectivity index (χ2n) is 5.35. The third kappa shape index (κ3) is 4.71. The quantitative estimate of drug-likeness (QED) is 0.598. The standard InChI is InChI=1S/C19H17NO4S2/c1-23-14-3-2-4-15(9-14)24-11-18(21)20-10-16-5-6-17(26-16)19(22)13-7-8-25-12-13/h2-9,12H,10-11H2,1H3,(H,20,21). The number of nitrogens with one attached hydrogen (secondary N) is 1. The van der Waals surface area contributed by atoms with Crippen molar-refractivity contribution in [3.8, 4) is 11.5 Å². The summed E-state index contributed by atoms with van der Waals surface area (Å²) in [6.07, 6.45) is 0. The van der Waals surface area contributed by atoms with E-state index in [1.807, 2.05) is 22.9 Å². The first-order valence-corrected chi connectivity index (χ1v) is 9.61. The molecule has 0 saturated carbocycles. The molecule has 3 rings (SSSR count). The first-order valence-electron chi connectivity index (χ1n) is 7.85. The second kappa shape index (κ2) is 8.64. The molecule has 1 amide bonds. The summed E-state index contributed by atoms with van der Waals surface area (Å²) in [6.45, 7) is 0.279. The van der Waals surface area contributed by atoms with Gasteiger partial charge in [0.1, 0.15) is 11.5 Å². The molecule has 2 heterocycles. The largest absolute Gasteiger partial charge is 0.497 e. The molecular weight excluding hydrogens is 370 g/mol. The van der Waals surface area contributed by atoms with E-state index in [4.69, 9.17) is 9.47 Å². The molecular formula is C19H17NO4S2. The van der Waals surface area contributed by atoms with Crippen molar-refractivity contribution in [1.29, 1.82) is 0 Å². The summed E-state index contributed by atoms with van der Waals surface area (Å²) in [4.78, 5) is 25.8. The molecule has 0 saturated heterocycles. The fourth-order valence-corrected chi connectivity index (χ4v) is 3.75. The van der Waals surface area contributed by atoms with Crippen molar-refractivity contribution in [3.63, 3.8) is 0 Å². The van der Waals surface area contributed by atoms with Crippen LogP contribution in [0, 0.1) is 0 Å². The fourth-order valence-electron chi connectivity index (χ4n) is 2.21. The van der Waals surface area contributed by atoms with Crippen molar-refractivity contribution in [2.75, 3.05) is 13.7 Å². The molecule has 1 aromatic carbocycles. The van der Waals surface area contributed by atoms with Crippen LogP contribution in [0.15, 0.2) is 53.2 Å². The molecule has 134 valence electrons. The molecule has 1 N–H and O–H groups in total. The van der Waals surface area contributed by atoms with Gasteiger partial charge in [-0.25, -0.2) is 0 Å². The van der Waals surface area contributed by atoms with Gasteiger partial charge in [-0.05, 0) is 35.7 Å². The molecule has 0 aliphatic heterocycles. The van der Waals surface area contributed by atoms with Crippen LogP contribution in [0.4, 0.5) is 0 Å². The minimum absolute atomic E-state index is 0.00943. The van der Waals surface area contributed by atoms with E-state index in [2.05, 4.69) is 5.32 Å². The van der Waals surface area contributed by atoms with Crippen LogP contribution >= 0.6 is 22.7 Å². The Morgan fingerprint density at radius 1 is 1.12 bits per heavy atom. The lowest BCUT2D eigenvalue weighted by molar-refractivity contribution is -0.123. The molecule has 0 spiro atoms. The summed E-state index contributed by atoms with van der Waals surface area (Å²) in [7, 11) is 1.57. The summed E-state index contributed by atoms with van der Waals surface area (Å²) in [5.41, 5.74) is 0.694. The van der Waals surface area contributed by atoms with Gasteiger partial charge in [-0.15, -0.1) is 11.3 Å². The first kappa shape index (κ1) is 18.2. The smallest absolute Gasteiger partial charge is 0.258 e. The van der Waals surface area contributed by atoms with E-state index in [0.29, 0.717) is 28.5 Å². The van der Waals surface area contributed by atoms with Gasteiger partial charge in [0, 0.05) is 21.9 Å². The summed E-state index contributed by atoms with van der Waals surface area (Å²) in [5, 5.41) is 6.50. The average molecular weight is 387 g/mol. The van der Waals surface area contributed by atoms with Crippen LogP contribution in [0.25, 0.3) is 0 Å². The maximum absolute atomic E-state index is 12.3. The van der Waals surface area contributed by atoms with E-state index in [-0.39, 0.29) is 18.3 Å². The first-order chi connectivity index (χ1) is 12.7. The Morgan fingerprint density at radius 2 is 1.96 bits per heavy atom. The zero-order chi connectivity index (χ0) is 18.4. The molecule has 0 atom stereocenters. The Labute approximate surface area is 159 Å². The van der Waals surface area contributed by atoms with E-state index >= 15 is 0 Å². The number of rotatable bonds is 8. The van der Waals surface area contributed by atoms with Crippen LogP contribution in [0.1, 0.15) is 20.1 Å². The number of thiophene rings is 2. The van der Waals surface area contributed by atoms with Crippen LogP contribution in [-0.2, 0) is 11.3 Å². The molecule has 0 fully saturated rings. The van der Waals surface area contributed by atoms with Gasteiger partial charge >= 0.3 is 0 Å². The summed E-state index contributed by atoms with van der Waals surface area (Å²) in [6, 6.07) is 12.5. The predicted molar refractivity (Wildman–Crippen MR) is 102 cm³/mol. The third-order valence-electron chi connectivity index (χ3n) is 3.54. The van der Waals surface area contributed by atoms with E-state index in [1.54, 1.807) is 37.4 Å². The van der Waals surface area contributed by atoms with Gasteiger partial charge in [-0.1, -0.05) is 6.07 Å². The number of hydrogen-bond acceptors (Lipinski definition) is 6. The summed E-state index contributed by atoms with van der Waals surface area (Å²) in [5.74, 6) is 1.02. The van der Waals surface area contributed by atoms with Gasteiger partial charge in [0.2, 0.25) is 5.78 Å². The van der Waals surface area contributed by atoms with Gasteiger partial charge in [0.25, 0.3) is 5.91 Å². The van der Waals surface area contributed by atoms with Gasteiger partial charge in [0.15, 0.2) is 6.61 Å². The Bertz CT molecular complexity index is 887. The van der Waals surface area contributed by atoms with Crippen LogP contribution in [0.3, 0.4) is 0 Å². The van der Waals surface area contributed by atoms with Crippen molar-refractivity contribution in [2.24, 2.45) is 0 Å². The SMILES string of the molecule is COc1cccc(OCC(=O)NCc2ccc(C(=O)c3ccsc3)s2)c1. The molecule has 0 aliphatic carbocycles. The molecule has 7 heteroatoms. The predicted octanol–water partition coefficient (Wildman–Crippen LogP) is 3.74. The van der Waals surface area contributed by atoms with Gasteiger partial charge in [-0.2, -0.15) is 11.3 Å². The lowest BCUT2D eigenvalue weighted by Crippen LogP contribution is -2.28. The van der Waals surface area contributed by atoms with Gasteiger partial charge in [-0.3, -0.25) is 9.59 Å². The van der Waals surface area contributed by atoms with Gasteiger partial charge in [0.05, 0.1) is 18.5 Å². The molecule has 0 bridgehead atoms. The number of ketones is 1. The maximum Gasteiger partial charge on any atom is 0.258 e. The highest BCUT2D eigenvalue weighted by Gasteiger charge is 2.12. The number of carbonyl (C=O) groups excluding carboxylic acids is 2. The minimum atomic E-state index is -0.230. The van der Waals surface area contributed by atoms with E-state index < -0.39 is 0 Å². The number of carbonyl (C=O) groups is 2. The fraction of sp³-hybridized carbons (Fsp3) is 0.158. The highest BCUT2D eigenvalue weighted by atomic mass is 32.1. The molecule has 0 aliphatic rings. The lowest BCUT2D eigenvalue weighted by Gasteiger charge is -2.08. The van der Waals surface area contributed by atoms with Crippen LogP contribution in [0.5, 0.6) is 11.5 Å². The topological polar surface area (TPSA) is 64.6 Å². The zero-order valence-corrected chi connectivity index (χ0v) is 15.7. The highest BCUT2D eigenvalue weighted by Crippen LogP contribution is 2.21. The molecule has 0 radical (unpaired) electrons. The summed E-state index contributed by atoms with van der Waals surface area (Å²) < 4.78 is 10.6.